The molecule has 2 rings (SSSR count). The molecule has 1 unspecified atom stereocenters. The summed E-state index contributed by atoms with van der Waals surface area (Å²) >= 11 is 0. The molecule has 0 saturated carbocycles. The van der Waals surface area contributed by atoms with Crippen molar-refractivity contribution in [3.63, 3.8) is 0 Å². The minimum absolute atomic E-state index is 0.143. The van der Waals surface area contributed by atoms with E-state index in [9.17, 15) is 4.79 Å². The van der Waals surface area contributed by atoms with Crippen LogP contribution in [0, 0.1) is 6.92 Å². The second kappa shape index (κ2) is 6.70. The molecule has 1 aromatic heterocycles. The minimum atomic E-state index is -0.534. The number of rotatable bonds is 5. The van der Waals surface area contributed by atoms with Crippen molar-refractivity contribution in [2.24, 2.45) is 0 Å². The molecule has 0 fully saturated rings. The summed E-state index contributed by atoms with van der Waals surface area (Å²) in [6.45, 7) is 4.18. The predicted molar refractivity (Wildman–Crippen MR) is 77.4 cm³/mol. The van der Waals surface area contributed by atoms with Gasteiger partial charge in [-0.15, -0.1) is 0 Å². The molecule has 0 saturated heterocycles. The average Bonchev–Trinajstić information content (AvgIpc) is 2.46. The Kier molecular flexibility index (Phi) is 4.71. The van der Waals surface area contributed by atoms with Gasteiger partial charge in [-0.3, -0.25) is 9.78 Å². The lowest BCUT2D eigenvalue weighted by Crippen LogP contribution is -2.35. The maximum absolute atomic E-state index is 11.9. The highest BCUT2D eigenvalue weighted by molar-refractivity contribution is 5.80. The summed E-state index contributed by atoms with van der Waals surface area (Å²) in [5, 5.41) is 2.83. The van der Waals surface area contributed by atoms with E-state index in [-0.39, 0.29) is 5.91 Å². The smallest absolute Gasteiger partial charge is 0.261 e. The Labute approximate surface area is 118 Å². The highest BCUT2D eigenvalue weighted by atomic mass is 16.5. The summed E-state index contributed by atoms with van der Waals surface area (Å²) in [5.74, 6) is 0.560. The number of nitrogens with zero attached hydrogens (tertiary/aromatic N) is 1. The first-order valence-electron chi connectivity index (χ1n) is 6.55. The molecular weight excluding hydrogens is 252 g/mol. The van der Waals surface area contributed by atoms with Crippen LogP contribution in [0.3, 0.4) is 0 Å². The van der Waals surface area contributed by atoms with Gasteiger partial charge in [-0.25, -0.2) is 0 Å². The zero-order valence-electron chi connectivity index (χ0n) is 11.7. The molecule has 0 aliphatic carbocycles. The minimum Gasteiger partial charge on any atom is -0.481 e. The Bertz CT molecular complexity index is 570. The van der Waals surface area contributed by atoms with Gasteiger partial charge in [0.15, 0.2) is 6.10 Å². The molecule has 1 aromatic carbocycles. The zero-order valence-corrected chi connectivity index (χ0v) is 11.7. The molecular formula is C16H18N2O2. The van der Waals surface area contributed by atoms with Crippen molar-refractivity contribution >= 4 is 5.91 Å². The van der Waals surface area contributed by atoms with Crippen molar-refractivity contribution in [3.8, 4) is 5.75 Å². The molecule has 0 spiro atoms. The van der Waals surface area contributed by atoms with Gasteiger partial charge in [-0.2, -0.15) is 0 Å². The van der Waals surface area contributed by atoms with E-state index >= 15 is 0 Å². The van der Waals surface area contributed by atoms with Crippen molar-refractivity contribution in [1.29, 1.82) is 0 Å². The third-order valence-electron chi connectivity index (χ3n) is 2.86. The lowest BCUT2D eigenvalue weighted by atomic mass is 10.2. The maximum Gasteiger partial charge on any atom is 0.261 e. The Morgan fingerprint density at radius 1 is 1.35 bits per heavy atom. The van der Waals surface area contributed by atoms with E-state index in [2.05, 4.69) is 10.3 Å². The highest BCUT2D eigenvalue weighted by Gasteiger charge is 2.14. The summed E-state index contributed by atoms with van der Waals surface area (Å²) in [7, 11) is 0. The molecule has 0 aliphatic heterocycles. The number of benzene rings is 1. The van der Waals surface area contributed by atoms with Crippen LogP contribution in [0.4, 0.5) is 0 Å². The molecule has 1 atom stereocenters. The number of hydrogen-bond acceptors (Lipinski definition) is 3. The molecule has 0 radical (unpaired) electrons. The van der Waals surface area contributed by atoms with Gasteiger partial charge in [0.2, 0.25) is 0 Å². The van der Waals surface area contributed by atoms with Gasteiger partial charge in [0.05, 0.1) is 0 Å². The van der Waals surface area contributed by atoms with Crippen molar-refractivity contribution in [3.05, 3.63) is 59.9 Å². The number of amides is 1. The largest absolute Gasteiger partial charge is 0.481 e. The van der Waals surface area contributed by atoms with Crippen LogP contribution < -0.4 is 10.1 Å². The van der Waals surface area contributed by atoms with E-state index in [4.69, 9.17) is 4.74 Å². The van der Waals surface area contributed by atoms with Crippen LogP contribution in [-0.4, -0.2) is 17.0 Å². The topological polar surface area (TPSA) is 51.2 Å². The average molecular weight is 270 g/mol. The van der Waals surface area contributed by atoms with Crippen molar-refractivity contribution in [1.82, 2.24) is 10.3 Å². The summed E-state index contributed by atoms with van der Waals surface area (Å²) in [4.78, 5) is 16.0. The van der Waals surface area contributed by atoms with E-state index in [0.717, 1.165) is 11.1 Å². The molecule has 4 heteroatoms. The number of carbonyl (C=O) groups excluding carboxylic acids is 1. The van der Waals surface area contributed by atoms with Gasteiger partial charge in [0.25, 0.3) is 5.91 Å². The van der Waals surface area contributed by atoms with Gasteiger partial charge in [-0.1, -0.05) is 18.2 Å². The number of nitrogens with one attached hydrogen (secondary N) is 1. The van der Waals surface area contributed by atoms with Crippen LogP contribution in [0.5, 0.6) is 5.75 Å². The molecule has 4 nitrogen and oxygen atoms in total. The van der Waals surface area contributed by atoms with E-state index in [0.29, 0.717) is 12.3 Å². The van der Waals surface area contributed by atoms with Crippen molar-refractivity contribution in [2.75, 3.05) is 0 Å². The van der Waals surface area contributed by atoms with E-state index in [1.807, 2.05) is 43.3 Å². The van der Waals surface area contributed by atoms with Crippen LogP contribution in [0.25, 0.3) is 0 Å². The summed E-state index contributed by atoms with van der Waals surface area (Å²) in [5.41, 5.74) is 2.06. The fourth-order valence-corrected chi connectivity index (χ4v) is 1.78. The normalized spacial score (nSPS) is 11.7. The first-order valence-corrected chi connectivity index (χ1v) is 6.55. The van der Waals surface area contributed by atoms with E-state index in [1.165, 1.54) is 0 Å². The quantitative estimate of drug-likeness (QED) is 0.908. The molecule has 104 valence electrons. The third kappa shape index (κ3) is 4.09. The molecule has 20 heavy (non-hydrogen) atoms. The molecule has 2 aromatic rings. The van der Waals surface area contributed by atoms with Crippen LogP contribution in [0.15, 0.2) is 48.8 Å². The second-order valence-electron chi connectivity index (χ2n) is 4.66. The summed E-state index contributed by atoms with van der Waals surface area (Å²) in [6.07, 6.45) is 2.90. The molecule has 1 N–H and O–H groups in total. The number of hydrogen-bond donors (Lipinski definition) is 1. The Balaban J connectivity index is 1.86. The van der Waals surface area contributed by atoms with E-state index < -0.39 is 6.10 Å². The number of aromatic nitrogens is 1. The monoisotopic (exact) mass is 270 g/mol. The van der Waals surface area contributed by atoms with Crippen LogP contribution in [-0.2, 0) is 11.3 Å². The molecule has 1 amide bonds. The summed E-state index contributed by atoms with van der Waals surface area (Å²) < 4.78 is 5.62. The van der Waals surface area contributed by atoms with Gasteiger partial charge >= 0.3 is 0 Å². The predicted octanol–water partition coefficient (Wildman–Crippen LogP) is 2.47. The zero-order chi connectivity index (χ0) is 14.4. The van der Waals surface area contributed by atoms with Crippen molar-refractivity contribution < 1.29 is 9.53 Å². The van der Waals surface area contributed by atoms with Gasteiger partial charge < -0.3 is 10.1 Å². The van der Waals surface area contributed by atoms with E-state index in [1.54, 1.807) is 19.3 Å². The SMILES string of the molecule is Cc1cccc(OC(C)C(=O)NCc2cccnc2)c1. The van der Waals surface area contributed by atoms with Crippen LogP contribution in [0.2, 0.25) is 0 Å². The summed E-state index contributed by atoms with van der Waals surface area (Å²) in [6, 6.07) is 11.4. The third-order valence-corrected chi connectivity index (χ3v) is 2.86. The molecule has 1 heterocycles. The maximum atomic E-state index is 11.9. The Morgan fingerprint density at radius 3 is 2.90 bits per heavy atom. The van der Waals surface area contributed by atoms with Gasteiger partial charge in [0, 0.05) is 18.9 Å². The molecule has 0 bridgehead atoms. The van der Waals surface area contributed by atoms with Crippen LogP contribution in [0.1, 0.15) is 18.1 Å². The van der Waals surface area contributed by atoms with Gasteiger partial charge in [-0.05, 0) is 43.2 Å². The second-order valence-corrected chi connectivity index (χ2v) is 4.66. The number of carbonyl (C=O) groups is 1. The standard InChI is InChI=1S/C16H18N2O2/c1-12-5-3-7-15(9-12)20-13(2)16(19)18-11-14-6-4-8-17-10-14/h3-10,13H,11H2,1-2H3,(H,18,19). The lowest BCUT2D eigenvalue weighted by molar-refractivity contribution is -0.127. The fraction of sp³-hybridized carbons (Fsp3) is 0.250. The fourth-order valence-electron chi connectivity index (χ4n) is 1.78. The van der Waals surface area contributed by atoms with Gasteiger partial charge in [0.1, 0.15) is 5.75 Å². The Hall–Kier alpha value is -2.36. The first-order chi connectivity index (χ1) is 9.65. The van der Waals surface area contributed by atoms with Crippen LogP contribution >= 0.6 is 0 Å². The number of aryl methyl sites for hydroxylation is 1. The highest BCUT2D eigenvalue weighted by Crippen LogP contribution is 2.14. The first kappa shape index (κ1) is 14.1. The number of pyridine rings is 1. The lowest BCUT2D eigenvalue weighted by Gasteiger charge is -2.15. The van der Waals surface area contributed by atoms with Crippen molar-refractivity contribution in [2.45, 2.75) is 26.5 Å². The number of ether oxygens (including phenoxy) is 1. The molecule has 0 aliphatic rings. The Morgan fingerprint density at radius 2 is 2.20 bits per heavy atom.